The topological polar surface area (TPSA) is 27.2 Å². The van der Waals surface area contributed by atoms with Gasteiger partial charge in [0.25, 0.3) is 0 Å². The van der Waals surface area contributed by atoms with Crippen LogP contribution >= 0.6 is 23.6 Å². The van der Waals surface area contributed by atoms with Crippen molar-refractivity contribution in [2.75, 3.05) is 6.54 Å². The SMILES string of the molecule is CCn1cnn(C[NH+]2CCc3sccc3[C@@H]2C)c1=S. The Morgan fingerprint density at radius 3 is 3.16 bits per heavy atom. The van der Waals surface area contributed by atoms with Crippen molar-refractivity contribution in [3.63, 3.8) is 0 Å². The van der Waals surface area contributed by atoms with Crippen LogP contribution in [0, 0.1) is 4.77 Å². The zero-order valence-electron chi connectivity index (χ0n) is 11.3. The fourth-order valence-electron chi connectivity index (χ4n) is 2.76. The molecule has 1 unspecified atom stereocenters. The molecule has 3 rings (SSSR count). The maximum absolute atomic E-state index is 5.44. The normalized spacial score (nSPS) is 22.4. The highest BCUT2D eigenvalue weighted by Crippen LogP contribution is 2.24. The van der Waals surface area contributed by atoms with E-state index in [1.807, 2.05) is 26.9 Å². The molecule has 0 amide bonds. The zero-order valence-corrected chi connectivity index (χ0v) is 12.9. The van der Waals surface area contributed by atoms with E-state index < -0.39 is 0 Å². The lowest BCUT2D eigenvalue weighted by Gasteiger charge is -2.30. The van der Waals surface area contributed by atoms with Crippen LogP contribution in [0.4, 0.5) is 0 Å². The molecule has 0 spiro atoms. The van der Waals surface area contributed by atoms with Crippen molar-refractivity contribution in [1.82, 2.24) is 14.3 Å². The predicted octanol–water partition coefficient (Wildman–Crippen LogP) is 1.66. The number of rotatable bonds is 3. The van der Waals surface area contributed by atoms with Gasteiger partial charge in [-0.2, -0.15) is 9.78 Å². The summed E-state index contributed by atoms with van der Waals surface area (Å²) in [6.07, 6.45) is 3.01. The minimum atomic E-state index is 0.531. The van der Waals surface area contributed by atoms with Gasteiger partial charge in [0.15, 0.2) is 6.67 Å². The molecule has 2 aromatic heterocycles. The first-order valence-electron chi connectivity index (χ1n) is 6.73. The standard InChI is InChI=1S/C13H18N4S2/c1-3-15-8-14-17(13(15)18)9-16-6-4-12-11(10(16)2)5-7-19-12/h5,7-8,10H,3-4,6,9H2,1-2H3/p+1/t10-/m0/s1. The van der Waals surface area contributed by atoms with Crippen LogP contribution in [0.2, 0.25) is 0 Å². The van der Waals surface area contributed by atoms with Crippen LogP contribution in [0.25, 0.3) is 0 Å². The van der Waals surface area contributed by atoms with E-state index in [1.54, 1.807) is 9.78 Å². The molecule has 1 aliphatic rings. The maximum atomic E-state index is 5.44. The van der Waals surface area contributed by atoms with E-state index in [-0.39, 0.29) is 0 Å². The Morgan fingerprint density at radius 2 is 2.42 bits per heavy atom. The molecule has 2 atom stereocenters. The van der Waals surface area contributed by atoms with E-state index in [0.29, 0.717) is 6.04 Å². The van der Waals surface area contributed by atoms with E-state index in [9.17, 15) is 0 Å². The third-order valence-corrected chi connectivity index (χ3v) is 5.46. The van der Waals surface area contributed by atoms with Gasteiger partial charge in [-0.15, -0.1) is 11.3 Å². The Labute approximate surface area is 122 Å². The number of nitrogens with zero attached hydrogens (tertiary/aromatic N) is 3. The molecule has 0 aromatic carbocycles. The second kappa shape index (κ2) is 5.19. The molecular formula is C13H19N4S2+. The lowest BCUT2D eigenvalue weighted by Crippen LogP contribution is -3.12. The summed E-state index contributed by atoms with van der Waals surface area (Å²) in [5, 5.41) is 6.63. The van der Waals surface area contributed by atoms with Crippen molar-refractivity contribution >= 4 is 23.6 Å². The summed E-state index contributed by atoms with van der Waals surface area (Å²) in [6, 6.07) is 2.80. The van der Waals surface area contributed by atoms with Gasteiger partial charge >= 0.3 is 0 Å². The predicted molar refractivity (Wildman–Crippen MR) is 79.0 cm³/mol. The zero-order chi connectivity index (χ0) is 13.4. The number of fused-ring (bicyclic) bond motifs is 1. The van der Waals surface area contributed by atoms with Crippen LogP contribution in [-0.4, -0.2) is 20.9 Å². The molecule has 2 aromatic rings. The van der Waals surface area contributed by atoms with Gasteiger partial charge in [-0.05, 0) is 37.5 Å². The van der Waals surface area contributed by atoms with Gasteiger partial charge in [-0.3, -0.25) is 0 Å². The summed E-state index contributed by atoms with van der Waals surface area (Å²) in [5.41, 5.74) is 1.51. The highest BCUT2D eigenvalue weighted by molar-refractivity contribution is 7.71. The Balaban J connectivity index is 1.81. The van der Waals surface area contributed by atoms with Gasteiger partial charge < -0.3 is 9.47 Å². The molecule has 19 heavy (non-hydrogen) atoms. The first kappa shape index (κ1) is 13.0. The van der Waals surface area contributed by atoms with Crippen LogP contribution in [0.1, 0.15) is 30.3 Å². The van der Waals surface area contributed by atoms with E-state index in [2.05, 4.69) is 30.4 Å². The summed E-state index contributed by atoms with van der Waals surface area (Å²) < 4.78 is 4.81. The second-order valence-corrected chi connectivity index (χ2v) is 6.40. The van der Waals surface area contributed by atoms with Crippen molar-refractivity contribution in [3.05, 3.63) is 33.0 Å². The van der Waals surface area contributed by atoms with Gasteiger partial charge in [0.2, 0.25) is 4.77 Å². The van der Waals surface area contributed by atoms with E-state index in [0.717, 1.165) is 24.5 Å². The number of aromatic nitrogens is 3. The molecule has 6 heteroatoms. The van der Waals surface area contributed by atoms with Gasteiger partial charge in [0.1, 0.15) is 12.4 Å². The highest BCUT2D eigenvalue weighted by Gasteiger charge is 2.28. The van der Waals surface area contributed by atoms with Crippen molar-refractivity contribution in [2.45, 2.75) is 39.5 Å². The fourth-order valence-corrected chi connectivity index (χ4v) is 4.02. The summed E-state index contributed by atoms with van der Waals surface area (Å²) >= 11 is 7.33. The van der Waals surface area contributed by atoms with Crippen LogP contribution in [0.3, 0.4) is 0 Å². The number of hydrogen-bond acceptors (Lipinski definition) is 3. The number of nitrogens with one attached hydrogen (secondary N) is 1. The lowest BCUT2D eigenvalue weighted by molar-refractivity contribution is -0.954. The smallest absolute Gasteiger partial charge is 0.202 e. The average Bonchev–Trinajstić information content (AvgIpc) is 3.01. The largest absolute Gasteiger partial charge is 0.310 e. The van der Waals surface area contributed by atoms with Crippen molar-refractivity contribution in [3.8, 4) is 0 Å². The number of thiophene rings is 1. The molecule has 1 aliphatic heterocycles. The molecule has 0 saturated carbocycles. The Morgan fingerprint density at radius 1 is 1.58 bits per heavy atom. The third kappa shape index (κ3) is 2.28. The summed E-state index contributed by atoms with van der Waals surface area (Å²) in [7, 11) is 0. The molecule has 0 fully saturated rings. The molecule has 1 N–H and O–H groups in total. The van der Waals surface area contributed by atoms with Crippen molar-refractivity contribution in [1.29, 1.82) is 0 Å². The minimum absolute atomic E-state index is 0.531. The van der Waals surface area contributed by atoms with Gasteiger partial charge in [-0.1, -0.05) is 0 Å². The van der Waals surface area contributed by atoms with E-state index in [4.69, 9.17) is 12.2 Å². The molecule has 0 aliphatic carbocycles. The molecular weight excluding hydrogens is 276 g/mol. The monoisotopic (exact) mass is 295 g/mol. The number of aryl methyl sites for hydroxylation is 1. The van der Waals surface area contributed by atoms with Gasteiger partial charge in [-0.25, -0.2) is 0 Å². The fraction of sp³-hybridized carbons (Fsp3) is 0.538. The van der Waals surface area contributed by atoms with Crippen molar-refractivity contribution in [2.24, 2.45) is 0 Å². The molecule has 0 saturated heterocycles. The summed E-state index contributed by atoms with van der Waals surface area (Å²) in [5.74, 6) is 0. The van der Waals surface area contributed by atoms with Crippen LogP contribution < -0.4 is 4.90 Å². The Hall–Kier alpha value is -0.980. The van der Waals surface area contributed by atoms with E-state index in [1.165, 1.54) is 12.0 Å². The molecule has 0 radical (unpaired) electrons. The van der Waals surface area contributed by atoms with Crippen LogP contribution in [0.15, 0.2) is 17.8 Å². The van der Waals surface area contributed by atoms with Crippen LogP contribution in [0.5, 0.6) is 0 Å². The molecule has 102 valence electrons. The highest BCUT2D eigenvalue weighted by atomic mass is 32.1. The van der Waals surface area contributed by atoms with E-state index >= 15 is 0 Å². The first-order valence-corrected chi connectivity index (χ1v) is 8.02. The van der Waals surface area contributed by atoms with Gasteiger partial charge in [0.05, 0.1) is 6.54 Å². The van der Waals surface area contributed by atoms with Gasteiger partial charge in [0, 0.05) is 23.4 Å². The Kier molecular flexibility index (Phi) is 3.56. The first-order chi connectivity index (χ1) is 9.20. The second-order valence-electron chi connectivity index (χ2n) is 5.04. The van der Waals surface area contributed by atoms with Crippen LogP contribution in [-0.2, 0) is 19.6 Å². The minimum Gasteiger partial charge on any atom is -0.310 e. The third-order valence-electron chi connectivity index (χ3n) is 4.02. The molecule has 3 heterocycles. The van der Waals surface area contributed by atoms with Crippen molar-refractivity contribution < 1.29 is 4.90 Å². The number of hydrogen-bond donors (Lipinski definition) is 1. The summed E-state index contributed by atoms with van der Waals surface area (Å²) in [6.45, 7) is 7.31. The number of quaternary nitrogens is 1. The lowest BCUT2D eigenvalue weighted by atomic mass is 10.0. The average molecular weight is 295 g/mol. The maximum Gasteiger partial charge on any atom is 0.202 e. The quantitative estimate of drug-likeness (QED) is 0.872. The summed E-state index contributed by atoms with van der Waals surface area (Å²) in [4.78, 5) is 3.10. The molecule has 4 nitrogen and oxygen atoms in total. The molecule has 0 bridgehead atoms. The Bertz CT molecular complexity index is 625.